The van der Waals surface area contributed by atoms with E-state index in [9.17, 15) is 4.79 Å². The van der Waals surface area contributed by atoms with Crippen LogP contribution in [0.1, 0.15) is 20.3 Å². The number of carbonyl (C=O) groups excluding carboxylic acids is 1. The van der Waals surface area contributed by atoms with E-state index in [1.807, 2.05) is 38.1 Å². The van der Waals surface area contributed by atoms with Crippen LogP contribution < -0.4 is 10.1 Å². The van der Waals surface area contributed by atoms with E-state index in [2.05, 4.69) is 15.5 Å². The fourth-order valence-electron chi connectivity index (χ4n) is 1.66. The van der Waals surface area contributed by atoms with Gasteiger partial charge in [-0.05, 0) is 19.4 Å². The van der Waals surface area contributed by atoms with Gasteiger partial charge in [-0.1, -0.05) is 25.1 Å². The van der Waals surface area contributed by atoms with Gasteiger partial charge in [0.1, 0.15) is 0 Å². The molecule has 0 fully saturated rings. The minimum atomic E-state index is -0.149. The van der Waals surface area contributed by atoms with E-state index in [4.69, 9.17) is 4.74 Å². The van der Waals surface area contributed by atoms with Crippen molar-refractivity contribution in [2.45, 2.75) is 26.3 Å². The molecule has 0 aliphatic heterocycles. The Morgan fingerprint density at radius 2 is 2.21 bits per heavy atom. The van der Waals surface area contributed by atoms with E-state index in [1.165, 1.54) is 0 Å². The lowest BCUT2D eigenvalue weighted by atomic mass is 10.2. The lowest BCUT2D eigenvalue weighted by Crippen LogP contribution is -2.35. The molecule has 0 unspecified atom stereocenters. The predicted octanol–water partition coefficient (Wildman–Crippen LogP) is 1.92. The third kappa shape index (κ3) is 3.40. The van der Waals surface area contributed by atoms with Gasteiger partial charge in [-0.15, -0.1) is 5.10 Å². The van der Waals surface area contributed by atoms with Gasteiger partial charge in [-0.3, -0.25) is 4.79 Å². The maximum Gasteiger partial charge on any atom is 0.258 e. The first-order valence-corrected chi connectivity index (χ1v) is 6.33. The number of nitrogens with zero attached hydrogens (tertiary/aromatic N) is 2. The van der Waals surface area contributed by atoms with Crippen LogP contribution in [0.4, 0.5) is 0 Å². The molecular weight excluding hydrogens is 242 g/mol. The molecule has 0 aliphatic rings. The van der Waals surface area contributed by atoms with Gasteiger partial charge in [0.05, 0.1) is 6.20 Å². The van der Waals surface area contributed by atoms with Crippen molar-refractivity contribution in [1.29, 1.82) is 0 Å². The van der Waals surface area contributed by atoms with E-state index in [1.54, 1.807) is 6.20 Å². The number of rotatable bonds is 5. The summed E-state index contributed by atoms with van der Waals surface area (Å²) in [7, 11) is 0. The Bertz CT molecular complexity index is 566. The largest absolute Gasteiger partial charge is 0.466 e. The number of nitrogens with one attached hydrogen (secondary N) is 1. The third-order valence-electron chi connectivity index (χ3n) is 2.90. The first kappa shape index (κ1) is 13.3. The van der Waals surface area contributed by atoms with Gasteiger partial charge >= 0.3 is 0 Å². The molecule has 5 nitrogen and oxygen atoms in total. The van der Waals surface area contributed by atoms with E-state index in [0.717, 1.165) is 17.2 Å². The smallest absolute Gasteiger partial charge is 0.258 e. The molecule has 0 saturated carbocycles. The topological polar surface area (TPSA) is 64.1 Å². The minimum absolute atomic E-state index is 0.0486. The summed E-state index contributed by atoms with van der Waals surface area (Å²) in [6.45, 7) is 3.92. The molecule has 0 spiro atoms. The zero-order valence-corrected chi connectivity index (χ0v) is 11.1. The number of carbonyl (C=O) groups is 1. The summed E-state index contributed by atoms with van der Waals surface area (Å²) in [6, 6.07) is 7.79. The van der Waals surface area contributed by atoms with Crippen molar-refractivity contribution >= 4 is 16.7 Å². The maximum atomic E-state index is 11.6. The van der Waals surface area contributed by atoms with Crippen molar-refractivity contribution in [3.8, 4) is 5.88 Å². The summed E-state index contributed by atoms with van der Waals surface area (Å²) in [5, 5.41) is 12.4. The lowest BCUT2D eigenvalue weighted by molar-refractivity contribution is -0.123. The molecule has 1 N–H and O–H groups in total. The monoisotopic (exact) mass is 259 g/mol. The van der Waals surface area contributed by atoms with Crippen molar-refractivity contribution in [3.05, 3.63) is 30.5 Å². The fraction of sp³-hybridized carbons (Fsp3) is 0.357. The van der Waals surface area contributed by atoms with E-state index in [0.29, 0.717) is 5.88 Å². The Balaban J connectivity index is 2.04. The number of ether oxygens (including phenoxy) is 1. The van der Waals surface area contributed by atoms with Gasteiger partial charge in [0.2, 0.25) is 5.88 Å². The van der Waals surface area contributed by atoms with Gasteiger partial charge < -0.3 is 10.1 Å². The standard InChI is InChI=1S/C14H17N3O2/c1-3-10(2)16-13(18)9-19-14-12-7-5-4-6-11(12)8-15-17-14/h4-8,10H,3,9H2,1-2H3,(H,16,18)/t10-/m0/s1. The fourth-order valence-corrected chi connectivity index (χ4v) is 1.66. The van der Waals surface area contributed by atoms with E-state index >= 15 is 0 Å². The van der Waals surface area contributed by atoms with Crippen LogP contribution in [0.15, 0.2) is 30.5 Å². The molecule has 5 heteroatoms. The second kappa shape index (κ2) is 6.13. The summed E-state index contributed by atoms with van der Waals surface area (Å²) < 4.78 is 5.44. The zero-order valence-electron chi connectivity index (χ0n) is 11.1. The lowest BCUT2D eigenvalue weighted by Gasteiger charge is -2.12. The van der Waals surface area contributed by atoms with Gasteiger partial charge in [0, 0.05) is 16.8 Å². The average Bonchev–Trinajstić information content (AvgIpc) is 2.44. The Kier molecular flexibility index (Phi) is 4.28. The molecule has 100 valence electrons. The number of hydrogen-bond donors (Lipinski definition) is 1. The van der Waals surface area contributed by atoms with Gasteiger partial charge in [0.25, 0.3) is 5.91 Å². The van der Waals surface area contributed by atoms with Crippen molar-refractivity contribution in [2.75, 3.05) is 6.61 Å². The normalized spacial score (nSPS) is 12.1. The van der Waals surface area contributed by atoms with E-state index in [-0.39, 0.29) is 18.6 Å². The van der Waals surface area contributed by atoms with Crippen LogP contribution in [-0.2, 0) is 4.79 Å². The Hall–Kier alpha value is -2.17. The predicted molar refractivity (Wildman–Crippen MR) is 72.9 cm³/mol. The van der Waals surface area contributed by atoms with Gasteiger partial charge in [-0.2, -0.15) is 5.10 Å². The molecule has 1 heterocycles. The van der Waals surface area contributed by atoms with Crippen molar-refractivity contribution in [3.63, 3.8) is 0 Å². The Labute approximate surface area is 112 Å². The molecule has 1 amide bonds. The zero-order chi connectivity index (χ0) is 13.7. The molecule has 0 saturated heterocycles. The molecule has 19 heavy (non-hydrogen) atoms. The summed E-state index contributed by atoms with van der Waals surface area (Å²) >= 11 is 0. The molecule has 0 radical (unpaired) electrons. The quantitative estimate of drug-likeness (QED) is 0.891. The molecular formula is C14H17N3O2. The summed E-state index contributed by atoms with van der Waals surface area (Å²) in [4.78, 5) is 11.6. The number of amides is 1. The average molecular weight is 259 g/mol. The SMILES string of the molecule is CC[C@H](C)NC(=O)COc1nncc2ccccc12. The van der Waals surface area contributed by atoms with Crippen LogP contribution in [0.5, 0.6) is 5.88 Å². The van der Waals surface area contributed by atoms with Crippen LogP contribution in [0.2, 0.25) is 0 Å². The molecule has 1 aromatic heterocycles. The summed E-state index contributed by atoms with van der Waals surface area (Å²) in [5.74, 6) is 0.237. The second-order valence-corrected chi connectivity index (χ2v) is 4.40. The highest BCUT2D eigenvalue weighted by Gasteiger charge is 2.09. The highest BCUT2D eigenvalue weighted by Crippen LogP contribution is 2.20. The Morgan fingerprint density at radius 3 is 3.00 bits per heavy atom. The maximum absolute atomic E-state index is 11.6. The number of fused-ring (bicyclic) bond motifs is 1. The van der Waals surface area contributed by atoms with Gasteiger partial charge in [0.15, 0.2) is 6.61 Å². The molecule has 1 aromatic carbocycles. The molecule has 2 rings (SSSR count). The Morgan fingerprint density at radius 1 is 1.42 bits per heavy atom. The van der Waals surface area contributed by atoms with Crippen LogP contribution in [0.25, 0.3) is 10.8 Å². The van der Waals surface area contributed by atoms with Crippen LogP contribution >= 0.6 is 0 Å². The van der Waals surface area contributed by atoms with Gasteiger partial charge in [-0.25, -0.2) is 0 Å². The first-order valence-electron chi connectivity index (χ1n) is 6.33. The number of benzene rings is 1. The second-order valence-electron chi connectivity index (χ2n) is 4.40. The molecule has 0 aliphatic carbocycles. The summed E-state index contributed by atoms with van der Waals surface area (Å²) in [5.41, 5.74) is 0. The van der Waals surface area contributed by atoms with Crippen molar-refractivity contribution in [1.82, 2.24) is 15.5 Å². The van der Waals surface area contributed by atoms with E-state index < -0.39 is 0 Å². The minimum Gasteiger partial charge on any atom is -0.466 e. The van der Waals surface area contributed by atoms with Crippen LogP contribution in [0, 0.1) is 0 Å². The van der Waals surface area contributed by atoms with Crippen molar-refractivity contribution < 1.29 is 9.53 Å². The van der Waals surface area contributed by atoms with Crippen LogP contribution in [-0.4, -0.2) is 28.8 Å². The summed E-state index contributed by atoms with van der Waals surface area (Å²) in [6.07, 6.45) is 2.56. The van der Waals surface area contributed by atoms with Crippen LogP contribution in [0.3, 0.4) is 0 Å². The molecule has 1 atom stereocenters. The molecule has 2 aromatic rings. The molecule has 0 bridgehead atoms. The first-order chi connectivity index (χ1) is 9.20. The number of hydrogen-bond acceptors (Lipinski definition) is 4. The van der Waals surface area contributed by atoms with Crippen molar-refractivity contribution in [2.24, 2.45) is 0 Å². The highest BCUT2D eigenvalue weighted by atomic mass is 16.5. The third-order valence-corrected chi connectivity index (χ3v) is 2.90. The highest BCUT2D eigenvalue weighted by molar-refractivity contribution is 5.86. The number of aromatic nitrogens is 2.